The van der Waals surface area contributed by atoms with Crippen LogP contribution in [0.25, 0.3) is 0 Å². The van der Waals surface area contributed by atoms with Gasteiger partial charge in [-0.1, -0.05) is 13.0 Å². The zero-order valence-electron chi connectivity index (χ0n) is 11.8. The van der Waals surface area contributed by atoms with Crippen molar-refractivity contribution in [2.24, 2.45) is 23.5 Å². The van der Waals surface area contributed by atoms with Gasteiger partial charge in [0.2, 0.25) is 5.91 Å². The number of hydrogen-bond donors (Lipinski definition) is 2. The number of benzene rings is 1. The fourth-order valence-electron chi connectivity index (χ4n) is 3.78. The predicted molar refractivity (Wildman–Crippen MR) is 83.8 cm³/mol. The molecule has 0 saturated heterocycles. The van der Waals surface area contributed by atoms with Crippen LogP contribution in [-0.2, 0) is 4.79 Å². The number of nitrogens with one attached hydrogen (secondary N) is 1. The maximum Gasteiger partial charge on any atom is 0.229 e. The molecule has 0 heterocycles. The molecule has 1 aromatic rings. The van der Waals surface area contributed by atoms with E-state index in [2.05, 4.69) is 18.3 Å². The third kappa shape index (κ3) is 2.59. The van der Waals surface area contributed by atoms with Crippen LogP contribution >= 0.6 is 11.8 Å². The summed E-state index contributed by atoms with van der Waals surface area (Å²) in [5, 5.41) is 3.07. The van der Waals surface area contributed by atoms with E-state index in [0.29, 0.717) is 11.8 Å². The van der Waals surface area contributed by atoms with Crippen LogP contribution in [0.2, 0.25) is 0 Å². The van der Waals surface area contributed by atoms with E-state index in [0.717, 1.165) is 17.9 Å². The molecule has 2 aliphatic rings. The molecule has 20 heavy (non-hydrogen) atoms. The van der Waals surface area contributed by atoms with Crippen molar-refractivity contribution in [1.82, 2.24) is 0 Å². The number of nitrogens with two attached hydrogens (primary N) is 1. The van der Waals surface area contributed by atoms with Crippen molar-refractivity contribution >= 4 is 23.4 Å². The van der Waals surface area contributed by atoms with Gasteiger partial charge in [0.05, 0.1) is 5.92 Å². The fourth-order valence-corrected chi connectivity index (χ4v) is 4.50. The van der Waals surface area contributed by atoms with E-state index in [9.17, 15) is 4.79 Å². The zero-order valence-corrected chi connectivity index (χ0v) is 12.7. The van der Waals surface area contributed by atoms with Crippen molar-refractivity contribution in [3.8, 4) is 0 Å². The Morgan fingerprint density at radius 1 is 1.40 bits per heavy atom. The molecule has 2 saturated carbocycles. The molecule has 4 atom stereocenters. The average Bonchev–Trinajstić information content (AvgIpc) is 3.00. The summed E-state index contributed by atoms with van der Waals surface area (Å²) in [4.78, 5) is 13.7. The number of carbonyl (C=O) groups is 1. The molecular formula is C16H22N2OS. The van der Waals surface area contributed by atoms with E-state index >= 15 is 0 Å². The molecule has 0 aliphatic heterocycles. The van der Waals surface area contributed by atoms with E-state index in [1.54, 1.807) is 11.8 Å². The number of hydrogen-bond acceptors (Lipinski definition) is 3. The van der Waals surface area contributed by atoms with Gasteiger partial charge in [0.1, 0.15) is 0 Å². The number of carbonyl (C=O) groups excluding carboxylic acids is 1. The Balaban J connectivity index is 1.68. The van der Waals surface area contributed by atoms with Gasteiger partial charge in [-0.05, 0) is 55.1 Å². The Hall–Kier alpha value is -1.00. The Bertz CT molecular complexity index is 503. The maximum atomic E-state index is 12.5. The topological polar surface area (TPSA) is 55.1 Å². The summed E-state index contributed by atoms with van der Waals surface area (Å²) >= 11 is 1.79. The Labute approximate surface area is 124 Å². The van der Waals surface area contributed by atoms with Gasteiger partial charge < -0.3 is 11.1 Å². The third-order valence-corrected chi connectivity index (χ3v) is 5.57. The zero-order chi connectivity index (χ0) is 14.1. The van der Waals surface area contributed by atoms with Gasteiger partial charge in [-0.3, -0.25) is 4.79 Å². The van der Waals surface area contributed by atoms with E-state index in [-0.39, 0.29) is 17.9 Å². The monoisotopic (exact) mass is 290 g/mol. The van der Waals surface area contributed by atoms with Crippen LogP contribution in [0.3, 0.4) is 0 Å². The van der Waals surface area contributed by atoms with Crippen LogP contribution in [0.15, 0.2) is 29.2 Å². The lowest BCUT2D eigenvalue weighted by atomic mass is 9.84. The van der Waals surface area contributed by atoms with Crippen LogP contribution in [0.5, 0.6) is 0 Å². The molecule has 1 aromatic carbocycles. The quantitative estimate of drug-likeness (QED) is 0.838. The molecule has 3 nitrogen and oxygen atoms in total. The molecule has 3 N–H and O–H groups in total. The predicted octanol–water partition coefficient (Wildman–Crippen LogP) is 3.11. The van der Waals surface area contributed by atoms with Crippen LogP contribution < -0.4 is 11.1 Å². The SMILES string of the molecule is CCSc1cccc(NC(=O)C2C3CCC(C3)C2N)c1. The first-order valence-electron chi connectivity index (χ1n) is 7.48. The summed E-state index contributed by atoms with van der Waals surface area (Å²) in [6.45, 7) is 2.13. The highest BCUT2D eigenvalue weighted by Gasteiger charge is 2.49. The van der Waals surface area contributed by atoms with Gasteiger partial charge in [0.15, 0.2) is 0 Å². The Kier molecular flexibility index (Phi) is 4.03. The molecule has 0 radical (unpaired) electrons. The molecule has 4 heteroatoms. The first kappa shape index (κ1) is 14.0. The van der Waals surface area contributed by atoms with Gasteiger partial charge in [-0.25, -0.2) is 0 Å². The normalized spacial score (nSPS) is 31.5. The number of anilines is 1. The number of amides is 1. The Morgan fingerprint density at radius 3 is 2.90 bits per heavy atom. The first-order valence-corrected chi connectivity index (χ1v) is 8.47. The summed E-state index contributed by atoms with van der Waals surface area (Å²) in [5.41, 5.74) is 7.12. The largest absolute Gasteiger partial charge is 0.327 e. The number of fused-ring (bicyclic) bond motifs is 2. The standard InChI is InChI=1S/C16H22N2OS/c1-2-20-13-5-3-4-12(9-13)18-16(19)14-10-6-7-11(8-10)15(14)17/h3-5,9-11,14-15H,2,6-8,17H2,1H3,(H,18,19). The molecule has 4 unspecified atom stereocenters. The highest BCUT2D eigenvalue weighted by molar-refractivity contribution is 7.99. The van der Waals surface area contributed by atoms with E-state index in [1.165, 1.54) is 17.7 Å². The summed E-state index contributed by atoms with van der Waals surface area (Å²) in [5.74, 6) is 2.23. The van der Waals surface area contributed by atoms with E-state index < -0.39 is 0 Å². The van der Waals surface area contributed by atoms with Crippen LogP contribution in [0.4, 0.5) is 5.69 Å². The van der Waals surface area contributed by atoms with Crippen LogP contribution in [-0.4, -0.2) is 17.7 Å². The third-order valence-electron chi connectivity index (χ3n) is 4.70. The molecule has 108 valence electrons. The van der Waals surface area contributed by atoms with Crippen molar-refractivity contribution in [1.29, 1.82) is 0 Å². The molecule has 2 fully saturated rings. The molecular weight excluding hydrogens is 268 g/mol. The Morgan fingerprint density at radius 2 is 2.20 bits per heavy atom. The smallest absolute Gasteiger partial charge is 0.229 e. The van der Waals surface area contributed by atoms with Gasteiger partial charge >= 0.3 is 0 Å². The lowest BCUT2D eigenvalue weighted by molar-refractivity contribution is -0.121. The summed E-state index contributed by atoms with van der Waals surface area (Å²) in [6.07, 6.45) is 3.52. The highest BCUT2D eigenvalue weighted by atomic mass is 32.2. The summed E-state index contributed by atoms with van der Waals surface area (Å²) in [7, 11) is 0. The molecule has 2 bridgehead atoms. The summed E-state index contributed by atoms with van der Waals surface area (Å²) < 4.78 is 0. The molecule has 3 rings (SSSR count). The van der Waals surface area contributed by atoms with Gasteiger partial charge in [-0.2, -0.15) is 0 Å². The molecule has 0 spiro atoms. The van der Waals surface area contributed by atoms with Crippen molar-refractivity contribution in [2.45, 2.75) is 37.1 Å². The van der Waals surface area contributed by atoms with Crippen molar-refractivity contribution in [2.75, 3.05) is 11.1 Å². The maximum absolute atomic E-state index is 12.5. The van der Waals surface area contributed by atoms with Crippen LogP contribution in [0.1, 0.15) is 26.2 Å². The lowest BCUT2D eigenvalue weighted by Gasteiger charge is -2.27. The fraction of sp³-hybridized carbons (Fsp3) is 0.562. The average molecular weight is 290 g/mol. The second-order valence-electron chi connectivity index (χ2n) is 5.89. The van der Waals surface area contributed by atoms with Crippen molar-refractivity contribution in [3.63, 3.8) is 0 Å². The molecule has 2 aliphatic carbocycles. The van der Waals surface area contributed by atoms with E-state index in [1.807, 2.05) is 18.2 Å². The summed E-state index contributed by atoms with van der Waals surface area (Å²) in [6, 6.07) is 8.13. The van der Waals surface area contributed by atoms with E-state index in [4.69, 9.17) is 5.73 Å². The van der Waals surface area contributed by atoms with Crippen molar-refractivity contribution < 1.29 is 4.79 Å². The number of thioether (sulfide) groups is 1. The first-order chi connectivity index (χ1) is 9.69. The van der Waals surface area contributed by atoms with Crippen LogP contribution in [0, 0.1) is 17.8 Å². The minimum atomic E-state index is 0.0104. The van der Waals surface area contributed by atoms with Gasteiger partial charge in [0.25, 0.3) is 0 Å². The minimum Gasteiger partial charge on any atom is -0.327 e. The highest BCUT2D eigenvalue weighted by Crippen LogP contribution is 2.47. The molecule has 1 amide bonds. The van der Waals surface area contributed by atoms with Crippen molar-refractivity contribution in [3.05, 3.63) is 24.3 Å². The van der Waals surface area contributed by atoms with Gasteiger partial charge in [-0.15, -0.1) is 11.8 Å². The van der Waals surface area contributed by atoms with Gasteiger partial charge in [0, 0.05) is 16.6 Å². The molecule has 0 aromatic heterocycles. The minimum absolute atomic E-state index is 0.0104. The second kappa shape index (κ2) is 5.78. The lowest BCUT2D eigenvalue weighted by Crippen LogP contribution is -2.42. The number of rotatable bonds is 4. The second-order valence-corrected chi connectivity index (χ2v) is 7.22.